The molecule has 0 aliphatic rings. The van der Waals surface area contributed by atoms with Crippen LogP contribution in [0.1, 0.15) is 20.3 Å². The largest absolute Gasteiger partial charge is 0.368 e. The number of hydrogen-bond donors (Lipinski definition) is 1. The minimum absolute atomic E-state index is 0.302. The molecule has 0 amide bonds. The molecule has 0 saturated heterocycles. The predicted octanol–water partition coefficient (Wildman–Crippen LogP) is 3.06. The Labute approximate surface area is 93.3 Å². The zero-order valence-corrected chi connectivity index (χ0v) is 9.93. The second-order valence-electron chi connectivity index (χ2n) is 3.31. The highest BCUT2D eigenvalue weighted by atomic mass is 79.9. The van der Waals surface area contributed by atoms with Gasteiger partial charge in [-0.2, -0.15) is 0 Å². The molecule has 74 valence electrons. The molecule has 0 aliphatic heterocycles. The maximum absolute atomic E-state index is 5.47. The summed E-state index contributed by atoms with van der Waals surface area (Å²) in [5, 5.41) is 3.30. The Morgan fingerprint density at radius 3 is 2.93 bits per heavy atom. The molecule has 0 radical (unpaired) electrons. The van der Waals surface area contributed by atoms with Crippen LogP contribution in [0.5, 0.6) is 0 Å². The van der Waals surface area contributed by atoms with E-state index in [1.165, 1.54) is 0 Å². The van der Waals surface area contributed by atoms with Crippen molar-refractivity contribution in [3.63, 3.8) is 0 Å². The lowest BCUT2D eigenvalue weighted by molar-refractivity contribution is 0.634. The van der Waals surface area contributed by atoms with Crippen molar-refractivity contribution in [2.45, 2.75) is 25.8 Å². The molecule has 0 fully saturated rings. The van der Waals surface area contributed by atoms with Crippen molar-refractivity contribution in [1.29, 1.82) is 0 Å². The minimum atomic E-state index is -0.302. The SMILES string of the molecule is C#CC(C)(CC)Nc1ccncc1Br. The van der Waals surface area contributed by atoms with Crippen molar-refractivity contribution >= 4 is 21.6 Å². The van der Waals surface area contributed by atoms with Crippen LogP contribution >= 0.6 is 15.9 Å². The van der Waals surface area contributed by atoms with Crippen LogP contribution in [0.15, 0.2) is 22.9 Å². The number of hydrogen-bond acceptors (Lipinski definition) is 2. The van der Waals surface area contributed by atoms with Crippen LogP contribution in [0.25, 0.3) is 0 Å². The van der Waals surface area contributed by atoms with E-state index in [0.717, 1.165) is 16.6 Å². The summed E-state index contributed by atoms with van der Waals surface area (Å²) >= 11 is 3.41. The van der Waals surface area contributed by atoms with Crippen molar-refractivity contribution in [1.82, 2.24) is 4.98 Å². The van der Waals surface area contributed by atoms with Crippen LogP contribution in [0, 0.1) is 12.3 Å². The molecule has 1 atom stereocenters. The van der Waals surface area contributed by atoms with E-state index in [1.54, 1.807) is 12.4 Å². The fourth-order valence-corrected chi connectivity index (χ4v) is 1.35. The number of anilines is 1. The van der Waals surface area contributed by atoms with Crippen molar-refractivity contribution in [3.8, 4) is 12.3 Å². The van der Waals surface area contributed by atoms with Gasteiger partial charge in [0, 0.05) is 12.4 Å². The third-order valence-electron chi connectivity index (χ3n) is 2.21. The fraction of sp³-hybridized carbons (Fsp3) is 0.364. The topological polar surface area (TPSA) is 24.9 Å². The molecule has 1 aromatic rings. The van der Waals surface area contributed by atoms with Crippen molar-refractivity contribution in [3.05, 3.63) is 22.9 Å². The molecule has 1 unspecified atom stereocenters. The molecule has 0 aromatic carbocycles. The van der Waals surface area contributed by atoms with Crippen molar-refractivity contribution in [2.24, 2.45) is 0 Å². The lowest BCUT2D eigenvalue weighted by Crippen LogP contribution is -2.31. The van der Waals surface area contributed by atoms with Crippen molar-refractivity contribution in [2.75, 3.05) is 5.32 Å². The summed E-state index contributed by atoms with van der Waals surface area (Å²) in [4.78, 5) is 3.99. The van der Waals surface area contributed by atoms with Gasteiger partial charge in [-0.15, -0.1) is 6.42 Å². The number of rotatable bonds is 3. The van der Waals surface area contributed by atoms with Crippen LogP contribution in [-0.4, -0.2) is 10.5 Å². The molecule has 0 aliphatic carbocycles. The van der Waals surface area contributed by atoms with Gasteiger partial charge in [-0.25, -0.2) is 0 Å². The number of terminal acetylenes is 1. The van der Waals surface area contributed by atoms with E-state index in [-0.39, 0.29) is 5.54 Å². The van der Waals surface area contributed by atoms with Gasteiger partial charge in [-0.3, -0.25) is 4.98 Å². The Morgan fingerprint density at radius 2 is 2.43 bits per heavy atom. The van der Waals surface area contributed by atoms with E-state index in [1.807, 2.05) is 13.0 Å². The predicted molar refractivity (Wildman–Crippen MR) is 63.1 cm³/mol. The molecular formula is C11H13BrN2. The quantitative estimate of drug-likeness (QED) is 0.837. The van der Waals surface area contributed by atoms with E-state index in [0.29, 0.717) is 0 Å². The van der Waals surface area contributed by atoms with Crippen LogP contribution < -0.4 is 5.32 Å². The molecule has 14 heavy (non-hydrogen) atoms. The molecular weight excluding hydrogens is 240 g/mol. The highest BCUT2D eigenvalue weighted by Gasteiger charge is 2.18. The van der Waals surface area contributed by atoms with E-state index in [2.05, 4.69) is 39.1 Å². The molecule has 3 heteroatoms. The summed E-state index contributed by atoms with van der Waals surface area (Å²) in [6.07, 6.45) is 9.83. The minimum Gasteiger partial charge on any atom is -0.368 e. The normalized spacial score (nSPS) is 14.1. The summed E-state index contributed by atoms with van der Waals surface area (Å²) in [6.45, 7) is 4.06. The van der Waals surface area contributed by atoms with Crippen LogP contribution in [-0.2, 0) is 0 Å². The van der Waals surface area contributed by atoms with Gasteiger partial charge in [0.15, 0.2) is 0 Å². The molecule has 0 bridgehead atoms. The maximum atomic E-state index is 5.47. The zero-order valence-electron chi connectivity index (χ0n) is 8.34. The van der Waals surface area contributed by atoms with Gasteiger partial charge in [0.1, 0.15) is 0 Å². The number of nitrogens with one attached hydrogen (secondary N) is 1. The maximum Gasteiger partial charge on any atom is 0.0953 e. The second-order valence-corrected chi connectivity index (χ2v) is 4.16. The molecule has 0 spiro atoms. The average Bonchev–Trinajstić information content (AvgIpc) is 2.21. The summed E-state index contributed by atoms with van der Waals surface area (Å²) in [7, 11) is 0. The number of nitrogens with zero attached hydrogens (tertiary/aromatic N) is 1. The smallest absolute Gasteiger partial charge is 0.0953 e. The van der Waals surface area contributed by atoms with E-state index in [9.17, 15) is 0 Å². The second kappa shape index (κ2) is 4.47. The van der Waals surface area contributed by atoms with Crippen LogP contribution in [0.4, 0.5) is 5.69 Å². The fourth-order valence-electron chi connectivity index (χ4n) is 1.00. The summed E-state index contributed by atoms with van der Waals surface area (Å²) in [5.41, 5.74) is 0.673. The van der Waals surface area contributed by atoms with Crippen molar-refractivity contribution < 1.29 is 0 Å². The summed E-state index contributed by atoms with van der Waals surface area (Å²) in [5.74, 6) is 2.75. The number of pyridine rings is 1. The Kier molecular flexibility index (Phi) is 3.54. The molecule has 0 saturated carbocycles. The molecule has 2 nitrogen and oxygen atoms in total. The Balaban J connectivity index is 2.89. The van der Waals surface area contributed by atoms with Crippen LogP contribution in [0.2, 0.25) is 0 Å². The first-order valence-corrected chi connectivity index (χ1v) is 5.26. The summed E-state index contributed by atoms with van der Waals surface area (Å²) in [6, 6.07) is 1.90. The Bertz CT molecular complexity index is 357. The highest BCUT2D eigenvalue weighted by molar-refractivity contribution is 9.10. The molecule has 1 heterocycles. The first-order chi connectivity index (χ1) is 6.61. The van der Waals surface area contributed by atoms with E-state index in [4.69, 9.17) is 6.42 Å². The van der Waals surface area contributed by atoms with Crippen LogP contribution in [0.3, 0.4) is 0 Å². The monoisotopic (exact) mass is 252 g/mol. The molecule has 1 aromatic heterocycles. The Morgan fingerprint density at radius 1 is 1.71 bits per heavy atom. The van der Waals surface area contributed by atoms with E-state index >= 15 is 0 Å². The summed E-state index contributed by atoms with van der Waals surface area (Å²) < 4.78 is 0.926. The number of halogens is 1. The van der Waals surface area contributed by atoms with E-state index < -0.39 is 0 Å². The van der Waals surface area contributed by atoms with Gasteiger partial charge in [-0.05, 0) is 35.3 Å². The first kappa shape index (κ1) is 11.1. The first-order valence-electron chi connectivity index (χ1n) is 4.47. The van der Waals surface area contributed by atoms with Gasteiger partial charge in [0.25, 0.3) is 0 Å². The van der Waals surface area contributed by atoms with Gasteiger partial charge < -0.3 is 5.32 Å². The third-order valence-corrected chi connectivity index (χ3v) is 2.84. The molecule has 1 rings (SSSR count). The highest BCUT2D eigenvalue weighted by Crippen LogP contribution is 2.24. The standard InChI is InChI=1S/C11H13BrN2/c1-4-11(3,5-2)14-10-6-7-13-8-9(10)12/h1,6-8H,5H2,2-3H3,(H,13,14). The number of aromatic nitrogens is 1. The molecule has 1 N–H and O–H groups in total. The van der Waals surface area contributed by atoms with Gasteiger partial charge in [-0.1, -0.05) is 12.8 Å². The lowest BCUT2D eigenvalue weighted by atomic mass is 10.00. The van der Waals surface area contributed by atoms with Gasteiger partial charge in [0.2, 0.25) is 0 Å². The average molecular weight is 253 g/mol. The Hall–Kier alpha value is -1.01. The zero-order chi connectivity index (χ0) is 10.6. The lowest BCUT2D eigenvalue weighted by Gasteiger charge is -2.25. The van der Waals surface area contributed by atoms with Gasteiger partial charge >= 0.3 is 0 Å². The van der Waals surface area contributed by atoms with Gasteiger partial charge in [0.05, 0.1) is 15.7 Å². The third kappa shape index (κ3) is 2.49.